The van der Waals surface area contributed by atoms with E-state index in [0.29, 0.717) is 25.5 Å². The number of hydrogen-bond donors (Lipinski definition) is 0. The molecule has 1 fully saturated rings. The van der Waals surface area contributed by atoms with E-state index in [9.17, 15) is 22.0 Å². The Kier molecular flexibility index (Phi) is 7.43. The molecule has 0 spiro atoms. The molecule has 0 aliphatic carbocycles. The molecule has 3 rings (SSSR count). The third-order valence-electron chi connectivity index (χ3n) is 5.92. The van der Waals surface area contributed by atoms with E-state index in [2.05, 4.69) is 0 Å². The normalized spacial score (nSPS) is 16.8. The second kappa shape index (κ2) is 9.87. The molecule has 0 aromatic heterocycles. The van der Waals surface area contributed by atoms with Gasteiger partial charge in [-0.25, -0.2) is 17.2 Å². The fourth-order valence-corrected chi connectivity index (χ4v) is 5.39. The molecule has 0 bridgehead atoms. The maximum atomic E-state index is 14.0. The average molecular weight is 451 g/mol. The van der Waals surface area contributed by atoms with Gasteiger partial charge in [0.05, 0.1) is 0 Å². The standard InChI is InChI=1S/C23H28F2N2O3S/c1-3-17(2)27(16-18-7-5-4-6-8-18)23(28)19-11-13-26(14-12-19)31(29,30)22-15-20(24)9-10-21(22)25/h4-10,15,17,19H,3,11-14,16H2,1-2H3. The molecule has 2 aromatic rings. The van der Waals surface area contributed by atoms with Crippen LogP contribution in [-0.4, -0.2) is 42.7 Å². The summed E-state index contributed by atoms with van der Waals surface area (Å²) >= 11 is 0. The van der Waals surface area contributed by atoms with Crippen LogP contribution in [0.5, 0.6) is 0 Å². The van der Waals surface area contributed by atoms with Gasteiger partial charge >= 0.3 is 0 Å². The Morgan fingerprint density at radius 2 is 1.77 bits per heavy atom. The lowest BCUT2D eigenvalue weighted by molar-refractivity contribution is -0.139. The molecule has 1 atom stereocenters. The Morgan fingerprint density at radius 3 is 2.39 bits per heavy atom. The van der Waals surface area contributed by atoms with Crippen LogP contribution in [0.15, 0.2) is 53.4 Å². The molecule has 8 heteroatoms. The summed E-state index contributed by atoms with van der Waals surface area (Å²) in [5.41, 5.74) is 1.04. The van der Waals surface area contributed by atoms with E-state index in [0.717, 1.165) is 28.4 Å². The van der Waals surface area contributed by atoms with Crippen molar-refractivity contribution in [3.8, 4) is 0 Å². The van der Waals surface area contributed by atoms with E-state index in [-0.39, 0.29) is 31.0 Å². The van der Waals surface area contributed by atoms with Crippen molar-refractivity contribution in [3.63, 3.8) is 0 Å². The highest BCUT2D eigenvalue weighted by atomic mass is 32.2. The largest absolute Gasteiger partial charge is 0.335 e. The summed E-state index contributed by atoms with van der Waals surface area (Å²) in [5, 5.41) is 0. The van der Waals surface area contributed by atoms with Crippen molar-refractivity contribution < 1.29 is 22.0 Å². The van der Waals surface area contributed by atoms with Crippen molar-refractivity contribution in [1.29, 1.82) is 0 Å². The maximum Gasteiger partial charge on any atom is 0.246 e. The quantitative estimate of drug-likeness (QED) is 0.636. The summed E-state index contributed by atoms with van der Waals surface area (Å²) in [6.07, 6.45) is 1.50. The summed E-state index contributed by atoms with van der Waals surface area (Å²) in [7, 11) is -4.16. The zero-order valence-electron chi connectivity index (χ0n) is 17.8. The molecule has 168 valence electrons. The molecule has 1 saturated heterocycles. The third kappa shape index (κ3) is 5.30. The first-order valence-electron chi connectivity index (χ1n) is 10.5. The highest BCUT2D eigenvalue weighted by Crippen LogP contribution is 2.28. The first-order valence-corrected chi connectivity index (χ1v) is 12.0. The zero-order chi connectivity index (χ0) is 22.6. The number of halogens is 2. The van der Waals surface area contributed by atoms with Crippen LogP contribution in [-0.2, 0) is 21.4 Å². The predicted octanol–water partition coefficient (Wildman–Crippen LogP) is 4.19. The lowest BCUT2D eigenvalue weighted by Gasteiger charge is -2.36. The lowest BCUT2D eigenvalue weighted by atomic mass is 9.95. The van der Waals surface area contributed by atoms with Crippen LogP contribution in [0.2, 0.25) is 0 Å². The smallest absolute Gasteiger partial charge is 0.246 e. The number of sulfonamides is 1. The Balaban J connectivity index is 1.71. The molecular weight excluding hydrogens is 422 g/mol. The molecule has 1 heterocycles. The molecule has 1 amide bonds. The molecule has 1 unspecified atom stereocenters. The highest BCUT2D eigenvalue weighted by molar-refractivity contribution is 7.89. The zero-order valence-corrected chi connectivity index (χ0v) is 18.6. The summed E-state index contributed by atoms with van der Waals surface area (Å²) < 4.78 is 54.2. The van der Waals surface area contributed by atoms with Gasteiger partial charge in [0.15, 0.2) is 0 Å². The Bertz CT molecular complexity index is 1010. The molecule has 0 radical (unpaired) electrons. The van der Waals surface area contributed by atoms with E-state index in [1.54, 1.807) is 0 Å². The second-order valence-corrected chi connectivity index (χ2v) is 9.87. The van der Waals surface area contributed by atoms with Gasteiger partial charge in [-0.1, -0.05) is 37.3 Å². The van der Waals surface area contributed by atoms with E-state index in [1.807, 2.05) is 49.1 Å². The van der Waals surface area contributed by atoms with E-state index in [4.69, 9.17) is 0 Å². The van der Waals surface area contributed by atoms with Crippen molar-refractivity contribution in [2.24, 2.45) is 5.92 Å². The van der Waals surface area contributed by atoms with Gasteiger partial charge < -0.3 is 4.90 Å². The monoisotopic (exact) mass is 450 g/mol. The predicted molar refractivity (Wildman–Crippen MR) is 115 cm³/mol. The van der Waals surface area contributed by atoms with Crippen molar-refractivity contribution in [2.45, 2.75) is 50.6 Å². The van der Waals surface area contributed by atoms with Crippen LogP contribution in [0.1, 0.15) is 38.7 Å². The van der Waals surface area contributed by atoms with Crippen LogP contribution in [0.3, 0.4) is 0 Å². The fraction of sp³-hybridized carbons (Fsp3) is 0.435. The Morgan fingerprint density at radius 1 is 1.13 bits per heavy atom. The topological polar surface area (TPSA) is 57.7 Å². The molecule has 1 aliphatic heterocycles. The summed E-state index contributed by atoms with van der Waals surface area (Å²) in [5.74, 6) is -2.09. The minimum absolute atomic E-state index is 0.00665. The van der Waals surface area contributed by atoms with Gasteiger partial charge in [0.2, 0.25) is 15.9 Å². The third-order valence-corrected chi connectivity index (χ3v) is 7.83. The van der Waals surface area contributed by atoms with E-state index < -0.39 is 26.6 Å². The van der Waals surface area contributed by atoms with Crippen molar-refractivity contribution in [1.82, 2.24) is 9.21 Å². The number of nitrogens with zero attached hydrogens (tertiary/aromatic N) is 2. The summed E-state index contributed by atoms with van der Waals surface area (Å²) in [6, 6.07) is 12.2. The first-order chi connectivity index (χ1) is 14.7. The van der Waals surface area contributed by atoms with Gasteiger partial charge in [0, 0.05) is 31.6 Å². The van der Waals surface area contributed by atoms with Crippen LogP contribution in [0.25, 0.3) is 0 Å². The number of rotatable bonds is 7. The number of hydrogen-bond acceptors (Lipinski definition) is 3. The Hall–Kier alpha value is -2.32. The second-order valence-electron chi connectivity index (χ2n) is 7.96. The summed E-state index contributed by atoms with van der Waals surface area (Å²) in [6.45, 7) is 4.72. The molecular formula is C23H28F2N2O3S. The van der Waals surface area contributed by atoms with Gasteiger partial charge in [-0.05, 0) is 49.9 Å². The molecule has 1 aliphatic rings. The molecule has 31 heavy (non-hydrogen) atoms. The molecule has 2 aromatic carbocycles. The van der Waals surface area contributed by atoms with Crippen LogP contribution < -0.4 is 0 Å². The van der Waals surface area contributed by atoms with Gasteiger partial charge in [0.25, 0.3) is 0 Å². The maximum absolute atomic E-state index is 14.0. The van der Waals surface area contributed by atoms with Gasteiger partial charge in [0.1, 0.15) is 16.5 Å². The molecule has 0 N–H and O–H groups in total. The van der Waals surface area contributed by atoms with Crippen LogP contribution in [0.4, 0.5) is 8.78 Å². The van der Waals surface area contributed by atoms with Gasteiger partial charge in [-0.3, -0.25) is 4.79 Å². The van der Waals surface area contributed by atoms with Gasteiger partial charge in [-0.15, -0.1) is 0 Å². The van der Waals surface area contributed by atoms with Gasteiger partial charge in [-0.2, -0.15) is 4.31 Å². The minimum atomic E-state index is -4.16. The molecule has 5 nitrogen and oxygen atoms in total. The van der Waals surface area contributed by atoms with Crippen LogP contribution >= 0.6 is 0 Å². The van der Waals surface area contributed by atoms with Crippen LogP contribution in [0, 0.1) is 17.6 Å². The van der Waals surface area contributed by atoms with Crippen molar-refractivity contribution in [2.75, 3.05) is 13.1 Å². The lowest BCUT2D eigenvalue weighted by Crippen LogP contribution is -2.46. The van der Waals surface area contributed by atoms with E-state index >= 15 is 0 Å². The SMILES string of the molecule is CCC(C)N(Cc1ccccc1)C(=O)C1CCN(S(=O)(=O)c2cc(F)ccc2F)CC1. The first kappa shape index (κ1) is 23.3. The minimum Gasteiger partial charge on any atom is -0.335 e. The number of benzene rings is 2. The number of carbonyl (C=O) groups excluding carboxylic acids is 1. The van der Waals surface area contributed by atoms with Crippen molar-refractivity contribution in [3.05, 3.63) is 65.7 Å². The molecule has 0 saturated carbocycles. The highest BCUT2D eigenvalue weighted by Gasteiger charge is 2.36. The summed E-state index contributed by atoms with van der Waals surface area (Å²) in [4.78, 5) is 14.5. The van der Waals surface area contributed by atoms with Crippen molar-refractivity contribution >= 4 is 15.9 Å². The number of carbonyl (C=O) groups is 1. The number of piperidine rings is 1. The number of amides is 1. The fourth-order valence-electron chi connectivity index (χ4n) is 3.84. The Labute approximate surface area is 182 Å². The average Bonchev–Trinajstić information content (AvgIpc) is 2.78. The van der Waals surface area contributed by atoms with E-state index in [1.165, 1.54) is 0 Å².